The first-order valence-electron chi connectivity index (χ1n) is 10.7. The van der Waals surface area contributed by atoms with Crippen LogP contribution in [0.1, 0.15) is 32.1 Å². The lowest BCUT2D eigenvalue weighted by Crippen LogP contribution is -2.43. The molecule has 4 N–H and O–H groups in total. The van der Waals surface area contributed by atoms with Gasteiger partial charge in [-0.05, 0) is 25.7 Å². The molecule has 1 aliphatic heterocycles. The van der Waals surface area contributed by atoms with E-state index in [4.69, 9.17) is 0 Å². The van der Waals surface area contributed by atoms with E-state index >= 15 is 0 Å². The molecule has 1 saturated carbocycles. The van der Waals surface area contributed by atoms with E-state index in [-0.39, 0.29) is 12.1 Å². The van der Waals surface area contributed by atoms with Gasteiger partial charge in [-0.2, -0.15) is 23.3 Å². The molecule has 0 atom stereocenters. The number of sulfonamides is 1. The molecule has 3 heterocycles. The minimum Gasteiger partial charge on any atom is -0.352 e. The third-order valence-corrected chi connectivity index (χ3v) is 7.21. The zero-order valence-electron chi connectivity index (χ0n) is 17.5. The molecule has 0 unspecified atom stereocenters. The fourth-order valence-electron chi connectivity index (χ4n) is 4.09. The molecule has 1 aliphatic carbocycles. The summed E-state index contributed by atoms with van der Waals surface area (Å²) in [6.45, 7) is 3.53. The van der Waals surface area contributed by atoms with Crippen LogP contribution < -0.4 is 20.3 Å². The van der Waals surface area contributed by atoms with Gasteiger partial charge in [0.1, 0.15) is 0 Å². The van der Waals surface area contributed by atoms with Crippen LogP contribution in [0.2, 0.25) is 0 Å². The van der Waals surface area contributed by atoms with Crippen LogP contribution in [-0.4, -0.2) is 78.8 Å². The Bertz CT molecular complexity index is 1010. The van der Waals surface area contributed by atoms with E-state index in [1.807, 2.05) is 0 Å². The van der Waals surface area contributed by atoms with E-state index in [0.717, 1.165) is 37.4 Å². The molecule has 0 radical (unpaired) electrons. The van der Waals surface area contributed by atoms with Gasteiger partial charge >= 0.3 is 6.18 Å². The number of aromatic nitrogens is 4. The zero-order chi connectivity index (χ0) is 22.8. The molecule has 0 amide bonds. The molecular formula is C18H27F3N8O2S. The Balaban J connectivity index is 1.29. The molecule has 10 nitrogen and oxygen atoms in total. The number of aromatic amines is 1. The summed E-state index contributed by atoms with van der Waals surface area (Å²) in [6.07, 6.45) is -1.72. The maximum atomic E-state index is 12.3. The smallest absolute Gasteiger partial charge is 0.352 e. The number of nitrogens with zero attached hydrogens (tertiary/aromatic N) is 4. The molecular weight excluding hydrogens is 449 g/mol. The molecule has 2 aromatic rings. The van der Waals surface area contributed by atoms with Crippen LogP contribution in [0.4, 0.5) is 24.9 Å². The van der Waals surface area contributed by atoms with Crippen LogP contribution in [0.25, 0.3) is 11.0 Å². The summed E-state index contributed by atoms with van der Waals surface area (Å²) in [5, 5.41) is 14.8. The van der Waals surface area contributed by atoms with Crippen molar-refractivity contribution in [1.82, 2.24) is 30.2 Å². The van der Waals surface area contributed by atoms with Gasteiger partial charge in [-0.1, -0.05) is 0 Å². The first kappa shape index (κ1) is 23.0. The summed E-state index contributed by atoms with van der Waals surface area (Å²) in [4.78, 5) is 11.1. The summed E-state index contributed by atoms with van der Waals surface area (Å²) >= 11 is 0. The highest BCUT2D eigenvalue weighted by Gasteiger charge is 2.31. The quantitative estimate of drug-likeness (QED) is 0.472. The predicted molar refractivity (Wildman–Crippen MR) is 114 cm³/mol. The standard InChI is InChI=1S/C18H27F3N8O2S/c19-18(20,21)5-10-32(30,31)28-13-3-1-12(2-4-13)24-17-23-11-14-15(25-17)26-27-16(14)29-8-6-22-7-9-29/h11-13,22,28H,1-10H2,(H2,23,24,25,26,27). The van der Waals surface area contributed by atoms with Gasteiger partial charge in [0, 0.05) is 44.5 Å². The number of halogens is 3. The van der Waals surface area contributed by atoms with Gasteiger partial charge in [0.05, 0.1) is 17.6 Å². The van der Waals surface area contributed by atoms with Crippen molar-refractivity contribution in [3.63, 3.8) is 0 Å². The Morgan fingerprint density at radius 3 is 2.50 bits per heavy atom. The van der Waals surface area contributed by atoms with E-state index < -0.39 is 28.4 Å². The summed E-state index contributed by atoms with van der Waals surface area (Å²) in [7, 11) is -3.96. The SMILES string of the molecule is O=S(=O)(CCC(F)(F)F)NC1CCC(Nc2ncc3c(N4CCNCC4)n[nH]c3n2)CC1. The van der Waals surface area contributed by atoms with Crippen molar-refractivity contribution in [1.29, 1.82) is 0 Å². The number of hydrogen-bond donors (Lipinski definition) is 4. The predicted octanol–water partition coefficient (Wildman–Crippen LogP) is 1.36. The summed E-state index contributed by atoms with van der Waals surface area (Å²) in [6, 6.07) is -0.303. The Morgan fingerprint density at radius 2 is 1.81 bits per heavy atom. The lowest BCUT2D eigenvalue weighted by molar-refractivity contribution is -0.130. The number of fused-ring (bicyclic) bond motifs is 1. The Labute approximate surface area is 183 Å². The second-order valence-corrected chi connectivity index (χ2v) is 10.1. The molecule has 178 valence electrons. The zero-order valence-corrected chi connectivity index (χ0v) is 18.3. The lowest BCUT2D eigenvalue weighted by Gasteiger charge is -2.29. The normalized spacial score (nSPS) is 22.9. The number of hydrogen-bond acceptors (Lipinski definition) is 8. The van der Waals surface area contributed by atoms with Crippen LogP contribution in [0.15, 0.2) is 6.20 Å². The minimum atomic E-state index is -4.49. The molecule has 0 spiro atoms. The van der Waals surface area contributed by atoms with Crippen molar-refractivity contribution < 1.29 is 21.6 Å². The van der Waals surface area contributed by atoms with Crippen molar-refractivity contribution in [2.24, 2.45) is 0 Å². The Hall–Kier alpha value is -2.19. The molecule has 4 rings (SSSR count). The number of anilines is 2. The minimum absolute atomic E-state index is 0.0546. The number of nitrogens with one attached hydrogen (secondary N) is 4. The van der Waals surface area contributed by atoms with E-state index in [0.29, 0.717) is 37.3 Å². The van der Waals surface area contributed by atoms with Crippen LogP contribution in [0.3, 0.4) is 0 Å². The van der Waals surface area contributed by atoms with Crippen molar-refractivity contribution in [3.05, 3.63) is 6.20 Å². The molecule has 2 aromatic heterocycles. The maximum absolute atomic E-state index is 12.3. The van der Waals surface area contributed by atoms with Crippen LogP contribution in [0.5, 0.6) is 0 Å². The first-order chi connectivity index (χ1) is 15.2. The largest absolute Gasteiger partial charge is 0.390 e. The van der Waals surface area contributed by atoms with Gasteiger partial charge in [0.15, 0.2) is 11.5 Å². The van der Waals surface area contributed by atoms with Crippen molar-refractivity contribution in [2.45, 2.75) is 50.4 Å². The monoisotopic (exact) mass is 476 g/mol. The van der Waals surface area contributed by atoms with E-state index in [1.54, 1.807) is 6.20 Å². The van der Waals surface area contributed by atoms with Gasteiger partial charge in [0.2, 0.25) is 16.0 Å². The van der Waals surface area contributed by atoms with Gasteiger partial charge in [-0.3, -0.25) is 5.10 Å². The topological polar surface area (TPSA) is 128 Å². The average Bonchev–Trinajstić information content (AvgIpc) is 3.17. The number of rotatable bonds is 7. The highest BCUT2D eigenvalue weighted by molar-refractivity contribution is 7.89. The molecule has 2 aliphatic rings. The van der Waals surface area contributed by atoms with Gasteiger partial charge < -0.3 is 15.5 Å². The van der Waals surface area contributed by atoms with Crippen molar-refractivity contribution in [2.75, 3.05) is 42.1 Å². The van der Waals surface area contributed by atoms with E-state index in [9.17, 15) is 21.6 Å². The van der Waals surface area contributed by atoms with E-state index in [1.165, 1.54) is 0 Å². The van der Waals surface area contributed by atoms with Crippen molar-refractivity contribution >= 4 is 32.8 Å². The summed E-state index contributed by atoms with van der Waals surface area (Å²) in [5.41, 5.74) is 0.641. The second kappa shape index (κ2) is 9.35. The van der Waals surface area contributed by atoms with Gasteiger partial charge in [0.25, 0.3) is 0 Å². The summed E-state index contributed by atoms with van der Waals surface area (Å²) in [5.74, 6) is 0.358. The number of H-pyrrole nitrogens is 1. The highest BCUT2D eigenvalue weighted by atomic mass is 32.2. The second-order valence-electron chi connectivity index (χ2n) is 8.23. The van der Waals surface area contributed by atoms with Crippen LogP contribution in [-0.2, 0) is 10.0 Å². The molecule has 0 aromatic carbocycles. The Morgan fingerprint density at radius 1 is 1.12 bits per heavy atom. The van der Waals surface area contributed by atoms with Crippen molar-refractivity contribution in [3.8, 4) is 0 Å². The molecule has 32 heavy (non-hydrogen) atoms. The third kappa shape index (κ3) is 5.98. The third-order valence-electron chi connectivity index (χ3n) is 5.77. The fraction of sp³-hybridized carbons (Fsp3) is 0.722. The fourth-order valence-corrected chi connectivity index (χ4v) is 5.45. The molecule has 1 saturated heterocycles. The van der Waals surface area contributed by atoms with Crippen LogP contribution in [0, 0.1) is 0 Å². The summed E-state index contributed by atoms with van der Waals surface area (Å²) < 4.78 is 63.1. The number of alkyl halides is 3. The number of piperazine rings is 1. The van der Waals surface area contributed by atoms with Gasteiger partial charge in [-0.25, -0.2) is 18.1 Å². The molecule has 0 bridgehead atoms. The highest BCUT2D eigenvalue weighted by Crippen LogP contribution is 2.26. The lowest BCUT2D eigenvalue weighted by atomic mass is 9.92. The molecule has 2 fully saturated rings. The van der Waals surface area contributed by atoms with E-state index in [2.05, 4.69) is 40.4 Å². The average molecular weight is 477 g/mol. The Kier molecular flexibility index (Phi) is 6.72. The van der Waals surface area contributed by atoms with Crippen LogP contribution >= 0.6 is 0 Å². The molecule has 14 heteroatoms. The van der Waals surface area contributed by atoms with Gasteiger partial charge in [-0.15, -0.1) is 0 Å². The maximum Gasteiger partial charge on any atom is 0.390 e. The first-order valence-corrected chi connectivity index (χ1v) is 12.3.